The van der Waals surface area contributed by atoms with Gasteiger partial charge in [-0.05, 0) is 23.8 Å². The maximum Gasteiger partial charge on any atom is 0.269 e. The van der Waals surface area contributed by atoms with Gasteiger partial charge in [0.15, 0.2) is 0 Å². The molecule has 0 aliphatic heterocycles. The summed E-state index contributed by atoms with van der Waals surface area (Å²) in [5.41, 5.74) is 0.771. The molecule has 0 saturated heterocycles. The molecule has 0 unspecified atom stereocenters. The molecule has 1 N–H and O–H groups in total. The van der Waals surface area contributed by atoms with Gasteiger partial charge in [-0.3, -0.25) is 10.1 Å². The van der Waals surface area contributed by atoms with Gasteiger partial charge in [-0.25, -0.2) is 0 Å². The summed E-state index contributed by atoms with van der Waals surface area (Å²) in [4.78, 5) is 9.74. The highest BCUT2D eigenvalue weighted by atomic mass is 16.6. The second-order valence-electron chi connectivity index (χ2n) is 2.16. The van der Waals surface area contributed by atoms with Crippen LogP contribution in [0.5, 0.6) is 0 Å². The molecule has 0 saturated carbocycles. The van der Waals surface area contributed by atoms with Gasteiger partial charge in [0, 0.05) is 12.1 Å². The number of nitrogens with zero attached hydrogens (tertiary/aromatic N) is 1. The predicted molar refractivity (Wildman–Crippen MR) is 44.8 cm³/mol. The Kier molecular flexibility index (Phi) is 2.42. The molecule has 0 aromatic heterocycles. The molecule has 0 fully saturated rings. The first kappa shape index (κ1) is 8.26. The molecule has 0 aliphatic carbocycles. The van der Waals surface area contributed by atoms with Gasteiger partial charge in [0.2, 0.25) is 0 Å². The van der Waals surface area contributed by atoms with E-state index in [1.165, 1.54) is 18.2 Å². The topological polar surface area (TPSA) is 63.4 Å². The second kappa shape index (κ2) is 3.52. The normalized spacial score (nSPS) is 10.3. The minimum atomic E-state index is -0.466. The van der Waals surface area contributed by atoms with Crippen molar-refractivity contribution in [2.24, 2.45) is 0 Å². The van der Waals surface area contributed by atoms with Crippen LogP contribution >= 0.6 is 0 Å². The molecule has 4 nitrogen and oxygen atoms in total. The van der Waals surface area contributed by atoms with Crippen LogP contribution in [-0.2, 0) is 0 Å². The third-order valence-electron chi connectivity index (χ3n) is 1.37. The minimum absolute atomic E-state index is 0.0464. The van der Waals surface area contributed by atoms with Gasteiger partial charge in [0.05, 0.1) is 11.2 Å². The molecule has 0 atom stereocenters. The highest BCUT2D eigenvalue weighted by Crippen LogP contribution is 2.12. The van der Waals surface area contributed by atoms with Crippen LogP contribution in [0.2, 0.25) is 0 Å². The molecule has 0 amide bonds. The van der Waals surface area contributed by atoms with Crippen molar-refractivity contribution in [2.45, 2.75) is 0 Å². The number of rotatable bonds is 2. The van der Waals surface area contributed by atoms with Gasteiger partial charge in [0.1, 0.15) is 0 Å². The summed E-state index contributed by atoms with van der Waals surface area (Å²) in [5, 5.41) is 18.6. The first-order valence-electron chi connectivity index (χ1n) is 3.29. The van der Waals surface area contributed by atoms with E-state index in [-0.39, 0.29) is 5.69 Å². The lowest BCUT2D eigenvalue weighted by molar-refractivity contribution is -0.384. The van der Waals surface area contributed by atoms with E-state index in [2.05, 4.69) is 0 Å². The quantitative estimate of drug-likeness (QED) is 0.414. The summed E-state index contributed by atoms with van der Waals surface area (Å²) in [6.45, 7) is 0. The Morgan fingerprint density at radius 2 is 1.92 bits per heavy atom. The monoisotopic (exact) mass is 165 g/mol. The highest BCUT2D eigenvalue weighted by Gasteiger charge is 2.01. The van der Waals surface area contributed by atoms with E-state index in [9.17, 15) is 10.1 Å². The molecule has 0 spiro atoms. The third-order valence-corrected chi connectivity index (χ3v) is 1.37. The Labute approximate surface area is 68.9 Å². The lowest BCUT2D eigenvalue weighted by Crippen LogP contribution is -1.86. The number of benzene rings is 1. The molecule has 12 heavy (non-hydrogen) atoms. The lowest BCUT2D eigenvalue weighted by atomic mass is 10.2. The van der Waals surface area contributed by atoms with E-state index in [0.717, 1.165) is 11.8 Å². The fourth-order valence-corrected chi connectivity index (χ4v) is 0.793. The number of non-ortho nitro benzene ring substituents is 1. The fourth-order valence-electron chi connectivity index (χ4n) is 0.793. The molecule has 4 heteroatoms. The summed E-state index contributed by atoms with van der Waals surface area (Å²) in [6.07, 6.45) is 2.34. The van der Waals surface area contributed by atoms with Gasteiger partial charge in [-0.1, -0.05) is 0 Å². The molecule has 0 bridgehead atoms. The average molecular weight is 165 g/mol. The first-order chi connectivity index (χ1) is 5.74. The zero-order valence-electron chi connectivity index (χ0n) is 6.18. The maximum atomic E-state index is 10.2. The number of aliphatic hydroxyl groups is 1. The van der Waals surface area contributed by atoms with Crippen molar-refractivity contribution in [2.75, 3.05) is 0 Å². The van der Waals surface area contributed by atoms with E-state index in [1.807, 2.05) is 0 Å². The van der Waals surface area contributed by atoms with Gasteiger partial charge in [-0.2, -0.15) is 0 Å². The Bertz CT molecular complexity index is 303. The Morgan fingerprint density at radius 1 is 1.33 bits per heavy atom. The molecule has 0 aliphatic rings. The van der Waals surface area contributed by atoms with Crippen molar-refractivity contribution < 1.29 is 10.0 Å². The smallest absolute Gasteiger partial charge is 0.269 e. The second-order valence-corrected chi connectivity index (χ2v) is 2.16. The van der Waals surface area contributed by atoms with Gasteiger partial charge in [0.25, 0.3) is 5.69 Å². The van der Waals surface area contributed by atoms with Gasteiger partial charge >= 0.3 is 0 Å². The van der Waals surface area contributed by atoms with Crippen molar-refractivity contribution in [1.82, 2.24) is 0 Å². The van der Waals surface area contributed by atoms with Crippen LogP contribution in [-0.4, -0.2) is 10.0 Å². The Balaban J connectivity index is 2.93. The summed E-state index contributed by atoms with van der Waals surface area (Å²) in [5.74, 6) is 0. The SMILES string of the molecule is O=[N+]([O-])c1ccc(C=CO)cc1. The number of nitro groups is 1. The van der Waals surface area contributed by atoms with Gasteiger partial charge < -0.3 is 5.11 Å². The maximum absolute atomic E-state index is 10.2. The Morgan fingerprint density at radius 3 is 2.33 bits per heavy atom. The molecule has 0 radical (unpaired) electrons. The van der Waals surface area contributed by atoms with Crippen LogP contribution in [0.4, 0.5) is 5.69 Å². The molecule has 62 valence electrons. The zero-order valence-corrected chi connectivity index (χ0v) is 6.18. The molecule has 1 rings (SSSR count). The third kappa shape index (κ3) is 1.82. The van der Waals surface area contributed by atoms with E-state index < -0.39 is 4.92 Å². The summed E-state index contributed by atoms with van der Waals surface area (Å²) in [6, 6.07) is 5.89. The van der Waals surface area contributed by atoms with Crippen LogP contribution in [0.3, 0.4) is 0 Å². The molecule has 0 heterocycles. The zero-order chi connectivity index (χ0) is 8.97. The molecule has 1 aromatic rings. The first-order valence-corrected chi connectivity index (χ1v) is 3.29. The molecular weight excluding hydrogens is 158 g/mol. The van der Waals surface area contributed by atoms with Crippen LogP contribution in [0, 0.1) is 10.1 Å². The number of aliphatic hydroxyl groups excluding tert-OH is 1. The van der Waals surface area contributed by atoms with Crippen molar-refractivity contribution >= 4 is 11.8 Å². The van der Waals surface area contributed by atoms with E-state index in [1.54, 1.807) is 12.1 Å². The van der Waals surface area contributed by atoms with E-state index >= 15 is 0 Å². The van der Waals surface area contributed by atoms with Crippen LogP contribution in [0.1, 0.15) is 5.56 Å². The van der Waals surface area contributed by atoms with Crippen molar-refractivity contribution in [3.8, 4) is 0 Å². The van der Waals surface area contributed by atoms with Gasteiger partial charge in [-0.15, -0.1) is 0 Å². The van der Waals surface area contributed by atoms with Crippen molar-refractivity contribution in [3.05, 3.63) is 46.2 Å². The number of nitro benzene ring substituents is 1. The van der Waals surface area contributed by atoms with Crippen LogP contribution < -0.4 is 0 Å². The predicted octanol–water partition coefficient (Wildman–Crippen LogP) is 2.12. The van der Waals surface area contributed by atoms with Crippen LogP contribution in [0.25, 0.3) is 6.08 Å². The summed E-state index contributed by atoms with van der Waals surface area (Å²) in [7, 11) is 0. The molecule has 1 aromatic carbocycles. The number of hydrogen-bond acceptors (Lipinski definition) is 3. The lowest BCUT2D eigenvalue weighted by Gasteiger charge is -1.91. The largest absolute Gasteiger partial charge is 0.516 e. The van der Waals surface area contributed by atoms with E-state index in [4.69, 9.17) is 5.11 Å². The summed E-state index contributed by atoms with van der Waals surface area (Å²) < 4.78 is 0. The standard InChI is InChI=1S/C8H7NO3/c10-6-5-7-1-3-8(4-2-7)9(11)12/h1-6,10H. The number of hydrogen-bond donors (Lipinski definition) is 1. The fraction of sp³-hybridized carbons (Fsp3) is 0. The van der Waals surface area contributed by atoms with Crippen molar-refractivity contribution in [1.29, 1.82) is 0 Å². The average Bonchev–Trinajstić information content (AvgIpc) is 2.06. The Hall–Kier alpha value is -1.84. The molecular formula is C8H7NO3. The van der Waals surface area contributed by atoms with Crippen LogP contribution in [0.15, 0.2) is 30.5 Å². The minimum Gasteiger partial charge on any atom is -0.516 e. The highest BCUT2D eigenvalue weighted by molar-refractivity contribution is 5.50. The van der Waals surface area contributed by atoms with Crippen molar-refractivity contribution in [3.63, 3.8) is 0 Å². The summed E-state index contributed by atoms with van der Waals surface area (Å²) >= 11 is 0. The van der Waals surface area contributed by atoms with E-state index in [0.29, 0.717) is 0 Å².